The maximum Gasteiger partial charge on any atom is 0.252 e. The minimum Gasteiger partial charge on any atom is -0.380 e. The minimum atomic E-state index is -0.341. The first-order chi connectivity index (χ1) is 14.0. The van der Waals surface area contributed by atoms with Crippen molar-refractivity contribution in [1.29, 1.82) is 0 Å². The van der Waals surface area contributed by atoms with Crippen LogP contribution in [0.1, 0.15) is 19.4 Å². The van der Waals surface area contributed by atoms with Crippen molar-refractivity contribution in [1.82, 2.24) is 4.57 Å². The molecule has 0 unspecified atom stereocenters. The lowest BCUT2D eigenvalue weighted by Gasteiger charge is -2.06. The lowest BCUT2D eigenvalue weighted by molar-refractivity contribution is -0.117. The third-order valence-corrected chi connectivity index (χ3v) is 5.20. The Labute approximate surface area is 171 Å². The van der Waals surface area contributed by atoms with Gasteiger partial charge >= 0.3 is 0 Å². The molecule has 2 amide bonds. The Hall–Kier alpha value is -2.84. The number of carbonyl (C=O) groups excluding carboxylic acids is 2. The molecule has 3 rings (SSSR count). The second kappa shape index (κ2) is 9.58. The zero-order valence-electron chi connectivity index (χ0n) is 16.3. The quantitative estimate of drug-likeness (QED) is 0.600. The van der Waals surface area contributed by atoms with Crippen molar-refractivity contribution < 1.29 is 18.7 Å². The smallest absolute Gasteiger partial charge is 0.252 e. The molecule has 29 heavy (non-hydrogen) atoms. The Balaban J connectivity index is 1.95. The van der Waals surface area contributed by atoms with Crippen molar-refractivity contribution in [3.05, 3.63) is 58.6 Å². The Bertz CT molecular complexity index is 1090. The van der Waals surface area contributed by atoms with E-state index in [0.717, 1.165) is 10.2 Å². The number of ether oxygens (including phenoxy) is 1. The largest absolute Gasteiger partial charge is 0.380 e. The molecule has 0 fully saturated rings. The summed E-state index contributed by atoms with van der Waals surface area (Å²) in [5, 5.41) is 2.76. The van der Waals surface area contributed by atoms with Gasteiger partial charge in [-0.1, -0.05) is 23.5 Å². The first kappa shape index (κ1) is 20.9. The van der Waals surface area contributed by atoms with Crippen LogP contribution in [0.5, 0.6) is 0 Å². The number of anilines is 1. The molecular weight excluding hydrogens is 393 g/mol. The van der Waals surface area contributed by atoms with Crippen LogP contribution < -0.4 is 10.1 Å². The highest BCUT2D eigenvalue weighted by molar-refractivity contribution is 7.16. The molecule has 8 heteroatoms. The Morgan fingerprint density at radius 2 is 1.97 bits per heavy atom. The van der Waals surface area contributed by atoms with Crippen LogP contribution in [0.15, 0.2) is 47.5 Å². The number of amides is 2. The Kier molecular flexibility index (Phi) is 6.90. The van der Waals surface area contributed by atoms with E-state index in [9.17, 15) is 14.0 Å². The fourth-order valence-corrected chi connectivity index (χ4v) is 3.99. The van der Waals surface area contributed by atoms with Gasteiger partial charge in [-0.3, -0.25) is 9.59 Å². The number of nitrogens with zero attached hydrogens (tertiary/aromatic N) is 2. The van der Waals surface area contributed by atoms with Gasteiger partial charge in [0, 0.05) is 25.8 Å². The van der Waals surface area contributed by atoms with Crippen LogP contribution in [0.25, 0.3) is 10.2 Å². The number of fused-ring (bicyclic) bond motifs is 1. The molecule has 0 aliphatic rings. The molecule has 1 aromatic heterocycles. The third-order valence-electron chi connectivity index (χ3n) is 4.16. The van der Waals surface area contributed by atoms with Gasteiger partial charge in [-0.25, -0.2) is 4.39 Å². The Morgan fingerprint density at radius 3 is 2.66 bits per heavy atom. The van der Waals surface area contributed by atoms with E-state index in [1.807, 2.05) is 29.7 Å². The number of aromatic nitrogens is 1. The molecule has 3 aromatic rings. The van der Waals surface area contributed by atoms with Crippen molar-refractivity contribution in [2.45, 2.75) is 26.8 Å². The van der Waals surface area contributed by atoms with Gasteiger partial charge in [0.05, 0.1) is 23.2 Å². The predicted molar refractivity (Wildman–Crippen MR) is 111 cm³/mol. The minimum absolute atomic E-state index is 0.0944. The van der Waals surface area contributed by atoms with Crippen LogP contribution in [0.3, 0.4) is 0 Å². The number of nitrogens with one attached hydrogen (secondary N) is 1. The number of thiazole rings is 1. The van der Waals surface area contributed by atoms with Crippen molar-refractivity contribution in [2.24, 2.45) is 4.99 Å². The van der Waals surface area contributed by atoms with Crippen LogP contribution in [-0.2, 0) is 27.3 Å². The first-order valence-electron chi connectivity index (χ1n) is 9.27. The molecule has 0 saturated heterocycles. The van der Waals surface area contributed by atoms with E-state index in [-0.39, 0.29) is 24.1 Å². The number of benzene rings is 2. The molecule has 0 radical (unpaired) electrons. The van der Waals surface area contributed by atoms with Gasteiger partial charge in [0.2, 0.25) is 5.91 Å². The van der Waals surface area contributed by atoms with Gasteiger partial charge in [0.1, 0.15) is 5.82 Å². The highest BCUT2D eigenvalue weighted by Crippen LogP contribution is 2.22. The lowest BCUT2D eigenvalue weighted by atomic mass is 10.1. The highest BCUT2D eigenvalue weighted by atomic mass is 32.1. The van der Waals surface area contributed by atoms with Crippen molar-refractivity contribution >= 4 is 39.1 Å². The van der Waals surface area contributed by atoms with Crippen LogP contribution in [0.4, 0.5) is 10.1 Å². The number of halogens is 1. The van der Waals surface area contributed by atoms with E-state index < -0.39 is 0 Å². The summed E-state index contributed by atoms with van der Waals surface area (Å²) < 4.78 is 21.4. The number of hydrogen-bond acceptors (Lipinski definition) is 4. The van der Waals surface area contributed by atoms with E-state index in [4.69, 9.17) is 4.74 Å². The monoisotopic (exact) mass is 415 g/mol. The van der Waals surface area contributed by atoms with E-state index in [1.54, 1.807) is 12.1 Å². The molecule has 1 N–H and O–H groups in total. The number of hydrogen-bond donors (Lipinski definition) is 1. The molecular formula is C21H22FN3O3S. The van der Waals surface area contributed by atoms with Gasteiger partial charge in [-0.15, -0.1) is 0 Å². The maximum atomic E-state index is 13.1. The van der Waals surface area contributed by atoms with Gasteiger partial charge < -0.3 is 14.6 Å². The van der Waals surface area contributed by atoms with E-state index in [0.29, 0.717) is 35.8 Å². The molecule has 0 aliphatic carbocycles. The highest BCUT2D eigenvalue weighted by Gasteiger charge is 2.10. The molecule has 0 bridgehead atoms. The molecule has 6 nitrogen and oxygen atoms in total. The molecule has 0 spiro atoms. The van der Waals surface area contributed by atoms with Crippen molar-refractivity contribution in [3.63, 3.8) is 0 Å². The molecule has 0 aliphatic heterocycles. The predicted octanol–water partition coefficient (Wildman–Crippen LogP) is 3.51. The van der Waals surface area contributed by atoms with Crippen molar-refractivity contribution in [3.8, 4) is 0 Å². The maximum absolute atomic E-state index is 13.1. The second-order valence-corrected chi connectivity index (χ2v) is 7.41. The van der Waals surface area contributed by atoms with Crippen LogP contribution in [0, 0.1) is 5.82 Å². The van der Waals surface area contributed by atoms with Crippen LogP contribution in [0.2, 0.25) is 0 Å². The second-order valence-electron chi connectivity index (χ2n) is 6.41. The van der Waals surface area contributed by atoms with E-state index >= 15 is 0 Å². The molecule has 1 heterocycles. The summed E-state index contributed by atoms with van der Waals surface area (Å²) in [4.78, 5) is 28.7. The molecule has 2 aromatic carbocycles. The fourth-order valence-electron chi connectivity index (χ4n) is 2.88. The first-order valence-corrected chi connectivity index (χ1v) is 10.1. The summed E-state index contributed by atoms with van der Waals surface area (Å²) in [6.45, 7) is 5.03. The third kappa shape index (κ3) is 5.58. The summed E-state index contributed by atoms with van der Waals surface area (Å²) in [5.41, 5.74) is 2.31. The average Bonchev–Trinajstić information content (AvgIpc) is 2.99. The summed E-state index contributed by atoms with van der Waals surface area (Å²) in [6, 6.07) is 11.4. The van der Waals surface area contributed by atoms with Crippen LogP contribution in [-0.4, -0.2) is 29.6 Å². The van der Waals surface area contributed by atoms with Gasteiger partial charge in [-0.05, 0) is 42.8 Å². The molecule has 0 atom stereocenters. The normalized spacial score (nSPS) is 11.8. The topological polar surface area (TPSA) is 72.7 Å². The van der Waals surface area contributed by atoms with Crippen molar-refractivity contribution in [2.75, 3.05) is 18.5 Å². The van der Waals surface area contributed by atoms with Crippen LogP contribution >= 0.6 is 11.3 Å². The average molecular weight is 415 g/mol. The molecule has 0 saturated carbocycles. The standard InChI is InChI=1S/C21H22FN3O3S/c1-3-28-11-10-25-18-9-8-17(23-14(2)26)13-19(18)29-21(25)24-20(27)12-15-4-6-16(22)7-5-15/h4-9,13H,3,10-12H2,1-2H3,(H,23,26). The number of rotatable bonds is 7. The SMILES string of the molecule is CCOCCn1c(=NC(=O)Cc2ccc(F)cc2)sc2cc(NC(C)=O)ccc21. The zero-order chi connectivity index (χ0) is 20.8. The zero-order valence-corrected chi connectivity index (χ0v) is 17.1. The summed E-state index contributed by atoms with van der Waals surface area (Å²) in [6.07, 6.45) is 0.0944. The van der Waals surface area contributed by atoms with E-state index in [2.05, 4.69) is 10.3 Å². The van der Waals surface area contributed by atoms with Gasteiger partial charge in [-0.2, -0.15) is 4.99 Å². The lowest BCUT2D eigenvalue weighted by Crippen LogP contribution is -2.20. The summed E-state index contributed by atoms with van der Waals surface area (Å²) >= 11 is 1.37. The summed E-state index contributed by atoms with van der Waals surface area (Å²) in [7, 11) is 0. The summed E-state index contributed by atoms with van der Waals surface area (Å²) in [5.74, 6) is -0.800. The number of carbonyl (C=O) groups is 2. The fraction of sp³-hybridized carbons (Fsp3) is 0.286. The van der Waals surface area contributed by atoms with Gasteiger partial charge in [0.25, 0.3) is 5.91 Å². The Morgan fingerprint density at radius 1 is 1.21 bits per heavy atom. The van der Waals surface area contributed by atoms with E-state index in [1.165, 1.54) is 30.4 Å². The van der Waals surface area contributed by atoms with Gasteiger partial charge in [0.15, 0.2) is 4.80 Å². The molecule has 152 valence electrons.